The van der Waals surface area contributed by atoms with E-state index < -0.39 is 0 Å². The number of rotatable bonds is 8. The Balaban J connectivity index is 1.04. The molecular weight excluding hydrogens is 562 g/mol. The third-order valence-electron chi connectivity index (χ3n) is 13.8. The fourth-order valence-corrected chi connectivity index (χ4v) is 10.8. The lowest BCUT2D eigenvalue weighted by atomic mass is 9.47. The lowest BCUT2D eigenvalue weighted by molar-refractivity contribution is -0.125. The van der Waals surface area contributed by atoms with Gasteiger partial charge in [-0.25, -0.2) is 0 Å². The first-order valence-electron chi connectivity index (χ1n) is 17.7. The molecule has 4 fully saturated rings. The summed E-state index contributed by atoms with van der Waals surface area (Å²) in [7, 11) is 3.91. The second-order valence-corrected chi connectivity index (χ2v) is 15.9. The molecule has 248 valence electrons. The van der Waals surface area contributed by atoms with Gasteiger partial charge in [0.1, 0.15) is 5.75 Å². The molecule has 2 N–H and O–H groups in total. The predicted octanol–water partition coefficient (Wildman–Crippen LogP) is 6.50. The third-order valence-corrected chi connectivity index (χ3v) is 13.8. The zero-order valence-corrected chi connectivity index (χ0v) is 28.6. The molecule has 0 spiro atoms. The fraction of sp³-hybridized carbons (Fsp3) is 0.737. The summed E-state index contributed by atoms with van der Waals surface area (Å²) in [5.41, 5.74) is 4.14. The maximum Gasteiger partial charge on any atom is 0.260 e. The van der Waals surface area contributed by atoms with E-state index in [2.05, 4.69) is 80.5 Å². The van der Waals surface area contributed by atoms with Crippen LogP contribution < -0.4 is 10.1 Å². The average molecular weight is 620 g/mol. The molecule has 6 rings (SSSR count). The molecule has 45 heavy (non-hydrogen) atoms. The summed E-state index contributed by atoms with van der Waals surface area (Å²) >= 11 is 0. The number of nitrogens with one attached hydrogen (secondary N) is 1. The number of aliphatic hydroxyl groups is 1. The number of hydrogen-bond acceptors (Lipinski definition) is 6. The summed E-state index contributed by atoms with van der Waals surface area (Å²) in [4.78, 5) is 21.0. The van der Waals surface area contributed by atoms with E-state index in [0.29, 0.717) is 30.3 Å². The van der Waals surface area contributed by atoms with Gasteiger partial charge in [0.25, 0.3) is 5.91 Å². The van der Waals surface area contributed by atoms with E-state index in [9.17, 15) is 9.90 Å². The van der Waals surface area contributed by atoms with E-state index in [1.54, 1.807) is 7.11 Å². The van der Waals surface area contributed by atoms with Crippen LogP contribution in [-0.2, 0) is 15.0 Å². The second-order valence-electron chi connectivity index (χ2n) is 15.9. The van der Waals surface area contributed by atoms with Crippen molar-refractivity contribution in [2.24, 2.45) is 39.7 Å². The normalized spacial score (nSPS) is 40.6. The average Bonchev–Trinajstić information content (AvgIpc) is 3.33. The van der Waals surface area contributed by atoms with Gasteiger partial charge in [0.05, 0.1) is 18.9 Å². The summed E-state index contributed by atoms with van der Waals surface area (Å²) in [6, 6.07) is 8.98. The largest absolute Gasteiger partial charge is 0.497 e. The van der Waals surface area contributed by atoms with Gasteiger partial charge in [-0.05, 0) is 136 Å². The standard InChI is InChI=1S/C38H57N3O4/c1-25-23-41(5)26(2)22-38(25,27-7-10-30(44-6)11-8-27)19-20-39-35(43)24-45-40-29-15-17-36(3)28(21-29)9-12-31-32-13-14-34(42)37(32,4)18-16-33(31)36/h7-8,10-11,21,25-26,31-34,42H,9,12-20,22-24H2,1-6H3,(H,39,43)/b40-29-/t25-,26-,31+,32+,33+,34-,36+,37+,38-/m1/s1. The maximum absolute atomic E-state index is 12.9. The number of allylic oxidation sites excluding steroid dienone is 2. The van der Waals surface area contributed by atoms with Crippen LogP contribution in [0.5, 0.6) is 5.75 Å². The molecule has 1 heterocycles. The Morgan fingerprint density at radius 1 is 1.07 bits per heavy atom. The molecular formula is C38H57N3O4. The summed E-state index contributed by atoms with van der Waals surface area (Å²) in [5, 5.41) is 18.4. The molecule has 0 unspecified atom stereocenters. The van der Waals surface area contributed by atoms with Crippen LogP contribution in [0.1, 0.15) is 97.5 Å². The van der Waals surface area contributed by atoms with E-state index in [1.807, 2.05) is 0 Å². The van der Waals surface area contributed by atoms with E-state index in [4.69, 9.17) is 9.57 Å². The highest BCUT2D eigenvalue weighted by molar-refractivity contribution is 5.96. The highest BCUT2D eigenvalue weighted by Gasteiger charge is 2.58. The molecule has 1 saturated heterocycles. The Kier molecular flexibility index (Phi) is 9.17. The molecule has 3 saturated carbocycles. The summed E-state index contributed by atoms with van der Waals surface area (Å²) in [5.74, 6) is 3.30. The molecule has 1 aromatic rings. The number of aliphatic hydroxyl groups excluding tert-OH is 1. The number of amides is 1. The van der Waals surface area contributed by atoms with Crippen LogP contribution in [0, 0.1) is 34.5 Å². The summed E-state index contributed by atoms with van der Waals surface area (Å²) in [6.07, 6.45) is 13.0. The number of carbonyl (C=O) groups is 1. The van der Waals surface area contributed by atoms with E-state index in [-0.39, 0.29) is 34.9 Å². The van der Waals surface area contributed by atoms with Crippen molar-refractivity contribution in [1.29, 1.82) is 0 Å². The van der Waals surface area contributed by atoms with Crippen molar-refractivity contribution >= 4 is 11.6 Å². The van der Waals surface area contributed by atoms with Crippen molar-refractivity contribution in [1.82, 2.24) is 10.2 Å². The van der Waals surface area contributed by atoms with Crippen LogP contribution >= 0.6 is 0 Å². The van der Waals surface area contributed by atoms with E-state index in [1.165, 1.54) is 30.4 Å². The number of carbonyl (C=O) groups excluding carboxylic acids is 1. The zero-order valence-electron chi connectivity index (χ0n) is 28.6. The minimum Gasteiger partial charge on any atom is -0.497 e. The fourth-order valence-electron chi connectivity index (χ4n) is 10.8. The van der Waals surface area contributed by atoms with Gasteiger partial charge in [0.15, 0.2) is 6.61 Å². The highest BCUT2D eigenvalue weighted by atomic mass is 16.6. The zero-order chi connectivity index (χ0) is 32.0. The lowest BCUT2D eigenvalue weighted by Crippen LogP contribution is -2.52. The molecule has 9 atom stereocenters. The SMILES string of the molecule is COc1ccc([C@]2(CCNC(=O)CO/N=C3\C=C4CC[C@H]5[C@@H]6CC[C@@H](O)[C@@]6(C)CC[C@@H]5[C@@]4(C)CC3)C[C@@H](C)N(C)C[C@H]2C)cc1. The maximum atomic E-state index is 12.9. The van der Waals surface area contributed by atoms with Gasteiger partial charge in [-0.3, -0.25) is 4.79 Å². The number of piperidine rings is 1. The van der Waals surface area contributed by atoms with Gasteiger partial charge >= 0.3 is 0 Å². The monoisotopic (exact) mass is 619 g/mol. The number of likely N-dealkylation sites (tertiary alicyclic amines) is 1. The van der Waals surface area contributed by atoms with Crippen LogP contribution in [-0.4, -0.2) is 67.6 Å². The number of fused-ring (bicyclic) bond motifs is 5. The van der Waals surface area contributed by atoms with Gasteiger partial charge in [-0.2, -0.15) is 0 Å². The van der Waals surface area contributed by atoms with Crippen molar-refractivity contribution < 1.29 is 19.5 Å². The molecule has 1 amide bonds. The first kappa shape index (κ1) is 32.6. The Morgan fingerprint density at radius 3 is 2.60 bits per heavy atom. The molecule has 5 aliphatic rings. The molecule has 7 heteroatoms. The summed E-state index contributed by atoms with van der Waals surface area (Å²) < 4.78 is 5.42. The van der Waals surface area contributed by atoms with Gasteiger partial charge in [-0.1, -0.05) is 43.6 Å². The lowest BCUT2D eigenvalue weighted by Gasteiger charge is -2.57. The van der Waals surface area contributed by atoms with Crippen molar-refractivity contribution in [3.63, 3.8) is 0 Å². The molecule has 0 radical (unpaired) electrons. The topological polar surface area (TPSA) is 83.4 Å². The Morgan fingerprint density at radius 2 is 1.84 bits per heavy atom. The Labute approximate surface area is 271 Å². The molecule has 0 aromatic heterocycles. The van der Waals surface area contributed by atoms with Crippen LogP contribution in [0.15, 0.2) is 41.1 Å². The van der Waals surface area contributed by atoms with E-state index in [0.717, 1.165) is 68.9 Å². The van der Waals surface area contributed by atoms with Crippen LogP contribution in [0.25, 0.3) is 0 Å². The molecule has 0 bridgehead atoms. The van der Waals surface area contributed by atoms with Crippen molar-refractivity contribution in [3.8, 4) is 5.75 Å². The van der Waals surface area contributed by atoms with Gasteiger partial charge in [0.2, 0.25) is 0 Å². The van der Waals surface area contributed by atoms with Crippen LogP contribution in [0.3, 0.4) is 0 Å². The van der Waals surface area contributed by atoms with Crippen LogP contribution in [0.2, 0.25) is 0 Å². The first-order chi connectivity index (χ1) is 21.5. The molecule has 7 nitrogen and oxygen atoms in total. The summed E-state index contributed by atoms with van der Waals surface area (Å²) in [6.45, 7) is 11.1. The number of oxime groups is 1. The highest BCUT2D eigenvalue weighted by Crippen LogP contribution is 2.65. The minimum atomic E-state index is -0.122. The van der Waals surface area contributed by atoms with Crippen LogP contribution in [0.4, 0.5) is 0 Å². The number of methoxy groups -OCH3 is 1. The molecule has 1 aliphatic heterocycles. The van der Waals surface area contributed by atoms with Crippen molar-refractivity contribution in [3.05, 3.63) is 41.5 Å². The van der Waals surface area contributed by atoms with Gasteiger partial charge < -0.3 is 24.9 Å². The van der Waals surface area contributed by atoms with E-state index >= 15 is 0 Å². The number of ether oxygens (including phenoxy) is 1. The number of benzene rings is 1. The Bertz CT molecular complexity index is 1290. The second kappa shape index (κ2) is 12.7. The number of hydrogen-bond donors (Lipinski definition) is 2. The first-order valence-corrected chi connectivity index (χ1v) is 17.7. The van der Waals surface area contributed by atoms with Crippen molar-refractivity contribution in [2.75, 3.05) is 33.9 Å². The predicted molar refractivity (Wildman–Crippen MR) is 179 cm³/mol. The minimum absolute atomic E-state index is 0.0129. The Hall–Kier alpha value is -2.38. The smallest absolute Gasteiger partial charge is 0.260 e. The molecule has 1 aromatic carbocycles. The number of nitrogens with zero attached hydrogens (tertiary/aromatic N) is 2. The van der Waals surface area contributed by atoms with Crippen molar-refractivity contribution in [2.45, 2.75) is 109 Å². The molecule has 4 aliphatic carbocycles. The quantitative estimate of drug-likeness (QED) is 0.325. The van der Waals surface area contributed by atoms with Gasteiger partial charge in [-0.15, -0.1) is 0 Å². The third kappa shape index (κ3) is 5.86. The van der Waals surface area contributed by atoms with Gasteiger partial charge in [0, 0.05) is 24.5 Å².